The van der Waals surface area contributed by atoms with Crippen molar-refractivity contribution in [1.29, 1.82) is 0 Å². The summed E-state index contributed by atoms with van der Waals surface area (Å²) in [6.07, 6.45) is 0. The monoisotopic (exact) mass is 512 g/mol. The lowest BCUT2D eigenvalue weighted by atomic mass is 10.1. The van der Waals surface area contributed by atoms with Gasteiger partial charge in [-0.3, -0.25) is 0 Å². The second kappa shape index (κ2) is 13.5. The molecule has 0 bridgehead atoms. The molecule has 0 aliphatic heterocycles. The molecule has 0 fully saturated rings. The van der Waals surface area contributed by atoms with Crippen LogP contribution in [0.2, 0.25) is 0 Å². The van der Waals surface area contributed by atoms with Crippen LogP contribution in [-0.2, 0) is 26.2 Å². The third-order valence-electron chi connectivity index (χ3n) is 6.50. The van der Waals surface area contributed by atoms with Gasteiger partial charge in [0.25, 0.3) is 0 Å². The molecule has 38 heavy (non-hydrogen) atoms. The Balaban J connectivity index is 1.66. The van der Waals surface area contributed by atoms with Gasteiger partial charge in [-0.25, -0.2) is 10.0 Å². The van der Waals surface area contributed by atoms with Gasteiger partial charge in [0, 0.05) is 26.2 Å². The molecule has 0 radical (unpaired) electrons. The lowest BCUT2D eigenvalue weighted by Crippen LogP contribution is -2.40. The first kappa shape index (κ1) is 27.0. The zero-order valence-electron chi connectivity index (χ0n) is 22.6. The highest BCUT2D eigenvalue weighted by Crippen LogP contribution is 2.23. The van der Waals surface area contributed by atoms with E-state index in [2.05, 4.69) is 58.5 Å². The van der Waals surface area contributed by atoms with Crippen molar-refractivity contribution in [2.75, 3.05) is 28.4 Å². The van der Waals surface area contributed by atoms with Crippen molar-refractivity contribution in [3.63, 3.8) is 0 Å². The Labute approximate surface area is 225 Å². The number of ether oxygens (including phenoxy) is 4. The van der Waals surface area contributed by atoms with Gasteiger partial charge in [-0.05, 0) is 70.8 Å². The Bertz CT molecular complexity index is 1040. The Hall–Kier alpha value is -4.00. The van der Waals surface area contributed by atoms with E-state index in [1.165, 1.54) is 22.3 Å². The van der Waals surface area contributed by atoms with Gasteiger partial charge in [0.15, 0.2) is 0 Å². The Morgan fingerprint density at radius 2 is 0.526 bits per heavy atom. The second-order valence-electron chi connectivity index (χ2n) is 9.04. The molecule has 6 heteroatoms. The van der Waals surface area contributed by atoms with E-state index in [0.717, 1.165) is 49.2 Å². The van der Waals surface area contributed by atoms with Crippen LogP contribution in [0.5, 0.6) is 23.0 Å². The number of nitrogens with zero attached hydrogens (tertiary/aromatic N) is 2. The Kier molecular flexibility index (Phi) is 9.62. The maximum Gasteiger partial charge on any atom is 0.118 e. The Morgan fingerprint density at radius 1 is 0.342 bits per heavy atom. The number of hydrogen-bond donors (Lipinski definition) is 0. The van der Waals surface area contributed by atoms with E-state index in [9.17, 15) is 0 Å². The van der Waals surface area contributed by atoms with Crippen molar-refractivity contribution < 1.29 is 18.9 Å². The third-order valence-corrected chi connectivity index (χ3v) is 6.50. The lowest BCUT2D eigenvalue weighted by Gasteiger charge is -2.36. The minimum atomic E-state index is 0.738. The predicted octanol–water partition coefficient (Wildman–Crippen LogP) is 6.34. The zero-order chi connectivity index (χ0) is 26.7. The minimum Gasteiger partial charge on any atom is -0.497 e. The molecule has 0 atom stereocenters. The van der Waals surface area contributed by atoms with Crippen LogP contribution in [0.3, 0.4) is 0 Å². The topological polar surface area (TPSA) is 43.4 Å². The molecule has 4 aromatic rings. The Morgan fingerprint density at radius 3 is 0.684 bits per heavy atom. The van der Waals surface area contributed by atoms with Crippen LogP contribution in [0, 0.1) is 0 Å². The van der Waals surface area contributed by atoms with E-state index >= 15 is 0 Å². The van der Waals surface area contributed by atoms with Gasteiger partial charge in [0.2, 0.25) is 0 Å². The van der Waals surface area contributed by atoms with Crippen LogP contribution in [0.1, 0.15) is 22.3 Å². The average molecular weight is 513 g/mol. The van der Waals surface area contributed by atoms with E-state index in [1.807, 2.05) is 48.5 Å². The van der Waals surface area contributed by atoms with Crippen molar-refractivity contribution in [2.45, 2.75) is 26.2 Å². The number of hydrogen-bond acceptors (Lipinski definition) is 6. The van der Waals surface area contributed by atoms with Crippen molar-refractivity contribution in [3.05, 3.63) is 119 Å². The van der Waals surface area contributed by atoms with E-state index < -0.39 is 0 Å². The molecule has 4 aromatic carbocycles. The molecule has 0 N–H and O–H groups in total. The molecule has 0 saturated heterocycles. The minimum absolute atomic E-state index is 0.738. The van der Waals surface area contributed by atoms with Crippen LogP contribution >= 0.6 is 0 Å². The van der Waals surface area contributed by atoms with Gasteiger partial charge in [-0.2, -0.15) is 0 Å². The van der Waals surface area contributed by atoms with Crippen molar-refractivity contribution in [1.82, 2.24) is 10.0 Å². The molecule has 0 amide bonds. The summed E-state index contributed by atoms with van der Waals surface area (Å²) >= 11 is 0. The summed E-state index contributed by atoms with van der Waals surface area (Å²) in [6.45, 7) is 2.95. The highest BCUT2D eigenvalue weighted by Gasteiger charge is 2.19. The van der Waals surface area contributed by atoms with Crippen molar-refractivity contribution >= 4 is 0 Å². The quantitative estimate of drug-likeness (QED) is 0.195. The molecule has 198 valence electrons. The SMILES string of the molecule is COc1ccc(CN(Cc2ccc(OC)cc2)N(Cc2ccc(OC)cc2)Cc2ccc(OC)cc2)cc1. The summed E-state index contributed by atoms with van der Waals surface area (Å²) in [4.78, 5) is 0. The zero-order valence-corrected chi connectivity index (χ0v) is 22.6. The number of hydrazine groups is 1. The van der Waals surface area contributed by atoms with Crippen LogP contribution in [-0.4, -0.2) is 38.5 Å². The second-order valence-corrected chi connectivity index (χ2v) is 9.04. The third kappa shape index (κ3) is 7.51. The number of rotatable bonds is 13. The van der Waals surface area contributed by atoms with Crippen LogP contribution in [0.4, 0.5) is 0 Å². The predicted molar refractivity (Wildman–Crippen MR) is 150 cm³/mol. The first-order chi connectivity index (χ1) is 18.6. The van der Waals surface area contributed by atoms with Crippen molar-refractivity contribution in [3.8, 4) is 23.0 Å². The summed E-state index contributed by atoms with van der Waals surface area (Å²) in [6, 6.07) is 33.1. The van der Waals surface area contributed by atoms with E-state index in [-0.39, 0.29) is 0 Å². The first-order valence-electron chi connectivity index (χ1n) is 12.6. The molecule has 0 saturated carbocycles. The fourth-order valence-electron chi connectivity index (χ4n) is 4.28. The molecular formula is C32H36N2O4. The van der Waals surface area contributed by atoms with E-state index in [4.69, 9.17) is 18.9 Å². The first-order valence-corrected chi connectivity index (χ1v) is 12.6. The molecule has 0 aromatic heterocycles. The standard InChI is InChI=1S/C32H36N2O4/c1-35-29-13-5-25(6-14-29)21-33(22-26-7-15-30(36-2)16-8-26)34(23-27-9-17-31(37-3)18-10-27)24-28-11-19-32(38-4)20-12-28/h5-20H,21-24H2,1-4H3. The molecular weight excluding hydrogens is 476 g/mol. The molecule has 6 nitrogen and oxygen atoms in total. The molecule has 4 rings (SSSR count). The molecule has 0 aliphatic rings. The summed E-state index contributed by atoms with van der Waals surface area (Å²) in [5.74, 6) is 3.40. The number of benzene rings is 4. The molecule has 0 spiro atoms. The van der Waals surface area contributed by atoms with E-state index in [1.54, 1.807) is 28.4 Å². The summed E-state index contributed by atoms with van der Waals surface area (Å²) in [5, 5.41) is 4.80. The maximum absolute atomic E-state index is 5.38. The van der Waals surface area contributed by atoms with Gasteiger partial charge >= 0.3 is 0 Å². The van der Waals surface area contributed by atoms with Crippen LogP contribution in [0.15, 0.2) is 97.1 Å². The van der Waals surface area contributed by atoms with Gasteiger partial charge in [-0.1, -0.05) is 48.5 Å². The number of methoxy groups -OCH3 is 4. The molecule has 0 aliphatic carbocycles. The molecule has 0 heterocycles. The average Bonchev–Trinajstić information content (AvgIpc) is 2.98. The summed E-state index contributed by atoms with van der Waals surface area (Å²) in [5.41, 5.74) is 4.81. The molecule has 0 unspecified atom stereocenters. The lowest BCUT2D eigenvalue weighted by molar-refractivity contribution is -0.0572. The van der Waals surface area contributed by atoms with Crippen LogP contribution in [0.25, 0.3) is 0 Å². The van der Waals surface area contributed by atoms with Gasteiger partial charge in [0.05, 0.1) is 28.4 Å². The largest absolute Gasteiger partial charge is 0.497 e. The van der Waals surface area contributed by atoms with Crippen molar-refractivity contribution in [2.24, 2.45) is 0 Å². The highest BCUT2D eigenvalue weighted by atomic mass is 16.5. The normalized spacial score (nSPS) is 11.0. The van der Waals surface area contributed by atoms with Gasteiger partial charge in [0.1, 0.15) is 23.0 Å². The van der Waals surface area contributed by atoms with Gasteiger partial charge in [-0.15, -0.1) is 0 Å². The van der Waals surface area contributed by atoms with E-state index in [0.29, 0.717) is 0 Å². The van der Waals surface area contributed by atoms with Gasteiger partial charge < -0.3 is 18.9 Å². The summed E-state index contributed by atoms with van der Waals surface area (Å²) in [7, 11) is 6.76. The van der Waals surface area contributed by atoms with Crippen LogP contribution < -0.4 is 18.9 Å². The summed E-state index contributed by atoms with van der Waals surface area (Å²) < 4.78 is 21.5. The fourth-order valence-corrected chi connectivity index (χ4v) is 4.28. The smallest absolute Gasteiger partial charge is 0.118 e. The highest BCUT2D eigenvalue weighted by molar-refractivity contribution is 5.30. The maximum atomic E-state index is 5.38. The fraction of sp³-hybridized carbons (Fsp3) is 0.250.